The zero-order valence-corrected chi connectivity index (χ0v) is 17.1. The fourth-order valence-electron chi connectivity index (χ4n) is 3.02. The van der Waals surface area contributed by atoms with Gasteiger partial charge in [-0.1, -0.05) is 44.5 Å². The molecular formula is C23H25F3N4. The third-order valence-corrected chi connectivity index (χ3v) is 4.72. The SMILES string of the molecule is CCCCc1cccc(Nc2nc(Nc3ccc(CC)cc3)ncc2C(F)(F)F)c1. The third-order valence-electron chi connectivity index (χ3n) is 4.72. The van der Waals surface area contributed by atoms with Crippen LogP contribution in [0.1, 0.15) is 43.4 Å². The van der Waals surface area contributed by atoms with Crippen LogP contribution in [0, 0.1) is 0 Å². The van der Waals surface area contributed by atoms with Crippen molar-refractivity contribution >= 4 is 23.1 Å². The number of halogens is 3. The Morgan fingerprint density at radius 3 is 2.33 bits per heavy atom. The number of anilines is 4. The highest BCUT2D eigenvalue weighted by atomic mass is 19.4. The minimum absolute atomic E-state index is 0.0943. The number of unbranched alkanes of at least 4 members (excludes halogenated alkanes) is 1. The van der Waals surface area contributed by atoms with Gasteiger partial charge >= 0.3 is 6.18 Å². The van der Waals surface area contributed by atoms with Crippen LogP contribution in [0.4, 0.5) is 36.3 Å². The molecule has 0 unspecified atom stereocenters. The second-order valence-electron chi connectivity index (χ2n) is 7.06. The van der Waals surface area contributed by atoms with Crippen LogP contribution >= 0.6 is 0 Å². The molecular weight excluding hydrogens is 389 g/mol. The van der Waals surface area contributed by atoms with E-state index in [-0.39, 0.29) is 11.8 Å². The van der Waals surface area contributed by atoms with Crippen molar-refractivity contribution in [1.82, 2.24) is 9.97 Å². The second-order valence-corrected chi connectivity index (χ2v) is 7.06. The summed E-state index contributed by atoms with van der Waals surface area (Å²) in [7, 11) is 0. The van der Waals surface area contributed by atoms with E-state index in [0.29, 0.717) is 11.4 Å². The molecule has 0 bridgehead atoms. The first kappa shape index (κ1) is 21.6. The lowest BCUT2D eigenvalue weighted by Gasteiger charge is -2.15. The van der Waals surface area contributed by atoms with Gasteiger partial charge in [0, 0.05) is 17.6 Å². The molecule has 1 aromatic heterocycles. The minimum Gasteiger partial charge on any atom is -0.340 e. The van der Waals surface area contributed by atoms with Crippen molar-refractivity contribution in [2.75, 3.05) is 10.6 Å². The summed E-state index contributed by atoms with van der Waals surface area (Å²) in [6.45, 7) is 4.15. The normalized spacial score (nSPS) is 11.4. The molecule has 158 valence electrons. The van der Waals surface area contributed by atoms with Gasteiger partial charge in [0.1, 0.15) is 11.4 Å². The Morgan fingerprint density at radius 1 is 0.900 bits per heavy atom. The topological polar surface area (TPSA) is 49.8 Å². The molecule has 3 rings (SSSR count). The summed E-state index contributed by atoms with van der Waals surface area (Å²) in [6, 6.07) is 15.0. The molecule has 0 saturated carbocycles. The van der Waals surface area contributed by atoms with Crippen LogP contribution in [0.15, 0.2) is 54.7 Å². The number of nitrogens with zero attached hydrogens (tertiary/aromatic N) is 2. The summed E-state index contributed by atoms with van der Waals surface area (Å²) < 4.78 is 40.5. The molecule has 0 radical (unpaired) electrons. The van der Waals surface area contributed by atoms with Crippen molar-refractivity contribution in [3.8, 4) is 0 Å². The van der Waals surface area contributed by atoms with Gasteiger partial charge in [-0.25, -0.2) is 4.98 Å². The third kappa shape index (κ3) is 5.72. The molecule has 2 N–H and O–H groups in total. The Labute approximate surface area is 174 Å². The van der Waals surface area contributed by atoms with Crippen LogP contribution in [-0.2, 0) is 19.0 Å². The van der Waals surface area contributed by atoms with Crippen LogP contribution in [0.25, 0.3) is 0 Å². The largest absolute Gasteiger partial charge is 0.421 e. The van der Waals surface area contributed by atoms with Crippen molar-refractivity contribution in [3.63, 3.8) is 0 Å². The Hall–Kier alpha value is -3.09. The maximum Gasteiger partial charge on any atom is 0.421 e. The van der Waals surface area contributed by atoms with E-state index in [4.69, 9.17) is 0 Å². The maximum absolute atomic E-state index is 13.5. The van der Waals surface area contributed by atoms with Gasteiger partial charge in [0.05, 0.1) is 0 Å². The number of rotatable bonds is 8. The first-order valence-electron chi connectivity index (χ1n) is 10.0. The number of hydrogen-bond acceptors (Lipinski definition) is 4. The van der Waals surface area contributed by atoms with Gasteiger partial charge in [0.15, 0.2) is 0 Å². The van der Waals surface area contributed by atoms with Crippen LogP contribution in [-0.4, -0.2) is 9.97 Å². The predicted molar refractivity (Wildman–Crippen MR) is 114 cm³/mol. The fraction of sp³-hybridized carbons (Fsp3) is 0.304. The van der Waals surface area contributed by atoms with Crippen LogP contribution in [0.2, 0.25) is 0 Å². The highest BCUT2D eigenvalue weighted by Crippen LogP contribution is 2.35. The van der Waals surface area contributed by atoms with Crippen molar-refractivity contribution in [3.05, 3.63) is 71.4 Å². The summed E-state index contributed by atoms with van der Waals surface area (Å²) in [5.74, 6) is -0.185. The quantitative estimate of drug-likeness (QED) is 0.421. The Morgan fingerprint density at radius 2 is 1.67 bits per heavy atom. The average molecular weight is 414 g/mol. The lowest BCUT2D eigenvalue weighted by molar-refractivity contribution is -0.137. The van der Waals surface area contributed by atoms with Gasteiger partial charge in [0.25, 0.3) is 0 Å². The number of alkyl halides is 3. The molecule has 0 aliphatic carbocycles. The van der Waals surface area contributed by atoms with Crippen molar-refractivity contribution in [2.24, 2.45) is 0 Å². The molecule has 1 heterocycles. The Balaban J connectivity index is 1.87. The Bertz CT molecular complexity index is 969. The molecule has 7 heteroatoms. The van der Waals surface area contributed by atoms with Crippen LogP contribution in [0.5, 0.6) is 0 Å². The summed E-state index contributed by atoms with van der Waals surface area (Å²) in [6.07, 6.45) is 0.0963. The van der Waals surface area contributed by atoms with Gasteiger partial charge in [0.2, 0.25) is 5.95 Å². The van der Waals surface area contributed by atoms with Gasteiger partial charge in [-0.15, -0.1) is 0 Å². The molecule has 30 heavy (non-hydrogen) atoms. The molecule has 0 saturated heterocycles. The van der Waals surface area contributed by atoms with Gasteiger partial charge < -0.3 is 10.6 Å². The lowest BCUT2D eigenvalue weighted by Crippen LogP contribution is -2.12. The molecule has 2 aromatic carbocycles. The minimum atomic E-state index is -4.57. The molecule has 0 amide bonds. The molecule has 3 aromatic rings. The summed E-state index contributed by atoms with van der Waals surface area (Å²) in [4.78, 5) is 7.97. The van der Waals surface area contributed by atoms with E-state index in [1.165, 1.54) is 5.56 Å². The average Bonchev–Trinajstić information content (AvgIpc) is 2.72. The van der Waals surface area contributed by atoms with E-state index in [1.807, 2.05) is 42.5 Å². The van der Waals surface area contributed by atoms with Crippen LogP contribution < -0.4 is 10.6 Å². The van der Waals surface area contributed by atoms with E-state index in [2.05, 4.69) is 34.4 Å². The molecule has 0 aliphatic heterocycles. The highest BCUT2D eigenvalue weighted by molar-refractivity contribution is 5.63. The van der Waals surface area contributed by atoms with Gasteiger partial charge in [-0.3, -0.25) is 0 Å². The number of hydrogen-bond donors (Lipinski definition) is 2. The van der Waals surface area contributed by atoms with Crippen LogP contribution in [0.3, 0.4) is 0 Å². The van der Waals surface area contributed by atoms with Gasteiger partial charge in [-0.05, 0) is 54.7 Å². The molecule has 0 atom stereocenters. The smallest absolute Gasteiger partial charge is 0.340 e. The molecule has 0 aliphatic rings. The fourth-order valence-corrected chi connectivity index (χ4v) is 3.02. The van der Waals surface area contributed by atoms with Crippen molar-refractivity contribution in [2.45, 2.75) is 45.7 Å². The maximum atomic E-state index is 13.5. The van der Waals surface area contributed by atoms with Crippen molar-refractivity contribution < 1.29 is 13.2 Å². The Kier molecular flexibility index (Phi) is 6.92. The number of aromatic nitrogens is 2. The zero-order chi connectivity index (χ0) is 21.6. The van der Waals surface area contributed by atoms with E-state index in [1.54, 1.807) is 6.07 Å². The predicted octanol–water partition coefficient (Wildman–Crippen LogP) is 6.89. The van der Waals surface area contributed by atoms with E-state index >= 15 is 0 Å². The van der Waals surface area contributed by atoms with E-state index in [0.717, 1.165) is 37.4 Å². The summed E-state index contributed by atoms with van der Waals surface area (Å²) in [5, 5.41) is 5.80. The summed E-state index contributed by atoms with van der Waals surface area (Å²) >= 11 is 0. The molecule has 0 spiro atoms. The number of benzene rings is 2. The van der Waals surface area contributed by atoms with E-state index < -0.39 is 11.7 Å². The number of nitrogens with one attached hydrogen (secondary N) is 2. The lowest BCUT2D eigenvalue weighted by atomic mass is 10.1. The highest BCUT2D eigenvalue weighted by Gasteiger charge is 2.35. The first-order chi connectivity index (χ1) is 14.4. The van der Waals surface area contributed by atoms with Gasteiger partial charge in [-0.2, -0.15) is 18.2 Å². The van der Waals surface area contributed by atoms with Crippen molar-refractivity contribution in [1.29, 1.82) is 0 Å². The zero-order valence-electron chi connectivity index (χ0n) is 17.1. The monoisotopic (exact) mass is 414 g/mol. The molecule has 4 nitrogen and oxygen atoms in total. The first-order valence-corrected chi connectivity index (χ1v) is 10.0. The summed E-state index contributed by atoms with van der Waals surface area (Å²) in [5.41, 5.74) is 2.59. The number of aryl methyl sites for hydroxylation is 2. The van der Waals surface area contributed by atoms with E-state index in [9.17, 15) is 13.2 Å². The molecule has 0 fully saturated rings. The second kappa shape index (κ2) is 9.61. The standard InChI is InChI=1S/C23H25F3N4/c1-3-5-7-17-8-6-9-19(14-17)28-21-20(23(24,25)26)15-27-22(30-21)29-18-12-10-16(4-2)11-13-18/h6,8-15H,3-5,7H2,1-2H3,(H2,27,28,29,30).